The van der Waals surface area contributed by atoms with E-state index in [9.17, 15) is 4.79 Å². The van der Waals surface area contributed by atoms with Gasteiger partial charge in [-0.1, -0.05) is 53.5 Å². The average molecular weight is 459 g/mol. The second kappa shape index (κ2) is 11.2. The van der Waals surface area contributed by atoms with Gasteiger partial charge in [-0.25, -0.2) is 5.43 Å². The maximum absolute atomic E-state index is 11.9. The number of methoxy groups -OCH3 is 1. The smallest absolute Gasteiger partial charge is 0.277 e. The summed E-state index contributed by atoms with van der Waals surface area (Å²) in [6, 6.07) is 20.0. The minimum atomic E-state index is -0.443. The molecule has 0 aliphatic rings. The van der Waals surface area contributed by atoms with Crippen molar-refractivity contribution < 1.29 is 19.0 Å². The Kier molecular flexibility index (Phi) is 8.15. The van der Waals surface area contributed by atoms with Crippen molar-refractivity contribution >= 4 is 35.3 Å². The highest BCUT2D eigenvalue weighted by molar-refractivity contribution is 6.34. The summed E-state index contributed by atoms with van der Waals surface area (Å²) >= 11 is 11.9. The minimum absolute atomic E-state index is 0.257. The molecule has 0 saturated heterocycles. The van der Waals surface area contributed by atoms with Crippen LogP contribution in [-0.2, 0) is 11.4 Å². The third-order valence-corrected chi connectivity index (χ3v) is 4.63. The van der Waals surface area contributed by atoms with Crippen LogP contribution < -0.4 is 19.6 Å². The summed E-state index contributed by atoms with van der Waals surface area (Å²) < 4.78 is 16.6. The van der Waals surface area contributed by atoms with Gasteiger partial charge in [0.1, 0.15) is 12.4 Å². The fourth-order valence-electron chi connectivity index (χ4n) is 2.56. The molecule has 3 rings (SSSR count). The Morgan fingerprint density at radius 2 is 1.77 bits per heavy atom. The molecule has 0 aromatic heterocycles. The number of nitrogens with zero attached hydrogens (tertiary/aromatic N) is 1. The van der Waals surface area contributed by atoms with Gasteiger partial charge < -0.3 is 14.2 Å². The Morgan fingerprint density at radius 3 is 2.55 bits per heavy atom. The van der Waals surface area contributed by atoms with E-state index in [0.717, 1.165) is 11.1 Å². The maximum Gasteiger partial charge on any atom is 0.277 e. The lowest BCUT2D eigenvalue weighted by Gasteiger charge is -2.11. The van der Waals surface area contributed by atoms with Crippen molar-refractivity contribution in [2.45, 2.75) is 6.61 Å². The molecular weight excluding hydrogens is 439 g/mol. The number of benzene rings is 3. The Hall–Kier alpha value is -3.22. The molecule has 0 bridgehead atoms. The largest absolute Gasteiger partial charge is 0.493 e. The van der Waals surface area contributed by atoms with E-state index in [2.05, 4.69) is 10.5 Å². The Bertz CT molecular complexity index is 1060. The fourth-order valence-corrected chi connectivity index (χ4v) is 2.90. The molecule has 0 aliphatic carbocycles. The number of hydrogen-bond donors (Lipinski definition) is 1. The van der Waals surface area contributed by atoms with Gasteiger partial charge >= 0.3 is 0 Å². The van der Waals surface area contributed by atoms with Crippen molar-refractivity contribution in [1.82, 2.24) is 5.43 Å². The average Bonchev–Trinajstić information content (AvgIpc) is 2.79. The molecule has 3 aromatic carbocycles. The van der Waals surface area contributed by atoms with Crippen molar-refractivity contribution in [1.29, 1.82) is 0 Å². The van der Waals surface area contributed by atoms with Crippen LogP contribution in [0.1, 0.15) is 11.1 Å². The molecule has 0 fully saturated rings. The Balaban J connectivity index is 1.52. The zero-order valence-corrected chi connectivity index (χ0v) is 18.2. The van der Waals surface area contributed by atoms with Gasteiger partial charge in [0, 0.05) is 11.1 Å². The monoisotopic (exact) mass is 458 g/mol. The lowest BCUT2D eigenvalue weighted by molar-refractivity contribution is -0.123. The number of ether oxygens (including phenoxy) is 3. The molecule has 6 nitrogen and oxygen atoms in total. The standard InChI is InChI=1S/C23H20Cl2N2O4/c1-29-22-11-17(7-10-20(22)30-14-16-5-3-2-4-6-16)13-26-27-23(28)15-31-21-12-18(24)8-9-19(21)25/h2-13H,14-15H2,1H3,(H,27,28)/b26-13+. The zero-order chi connectivity index (χ0) is 22.1. The molecule has 0 radical (unpaired) electrons. The van der Waals surface area contributed by atoms with Crippen LogP contribution in [0.15, 0.2) is 71.8 Å². The van der Waals surface area contributed by atoms with Crippen LogP contribution in [0.4, 0.5) is 0 Å². The first-order valence-corrected chi connectivity index (χ1v) is 10.1. The van der Waals surface area contributed by atoms with E-state index < -0.39 is 5.91 Å². The number of amides is 1. The SMILES string of the molecule is COc1cc(/C=N/NC(=O)COc2cc(Cl)ccc2Cl)ccc1OCc1ccccc1. The van der Waals surface area contributed by atoms with Gasteiger partial charge in [-0.2, -0.15) is 5.10 Å². The van der Waals surface area contributed by atoms with Gasteiger partial charge in [0.15, 0.2) is 18.1 Å². The second-order valence-electron chi connectivity index (χ2n) is 6.34. The minimum Gasteiger partial charge on any atom is -0.493 e. The molecule has 0 aliphatic heterocycles. The van der Waals surface area contributed by atoms with Crippen LogP contribution in [-0.4, -0.2) is 25.8 Å². The summed E-state index contributed by atoms with van der Waals surface area (Å²) in [5.41, 5.74) is 4.17. The molecule has 31 heavy (non-hydrogen) atoms. The second-order valence-corrected chi connectivity index (χ2v) is 7.18. The highest BCUT2D eigenvalue weighted by atomic mass is 35.5. The van der Waals surface area contributed by atoms with Crippen LogP contribution in [0.5, 0.6) is 17.2 Å². The molecule has 0 saturated carbocycles. The van der Waals surface area contributed by atoms with Gasteiger partial charge in [-0.05, 0) is 41.5 Å². The summed E-state index contributed by atoms with van der Waals surface area (Å²) in [6.45, 7) is 0.171. The molecule has 8 heteroatoms. The number of hydrogen-bond acceptors (Lipinski definition) is 5. The molecule has 0 atom stereocenters. The van der Waals surface area contributed by atoms with Crippen molar-refractivity contribution in [2.75, 3.05) is 13.7 Å². The first-order valence-electron chi connectivity index (χ1n) is 9.29. The van der Waals surface area contributed by atoms with Gasteiger partial charge in [0.05, 0.1) is 18.3 Å². The lowest BCUT2D eigenvalue weighted by atomic mass is 10.2. The van der Waals surface area contributed by atoms with Crippen LogP contribution in [0, 0.1) is 0 Å². The third kappa shape index (κ3) is 6.91. The predicted octanol–water partition coefficient (Wildman–Crippen LogP) is 5.11. The van der Waals surface area contributed by atoms with E-state index in [4.69, 9.17) is 37.4 Å². The highest BCUT2D eigenvalue weighted by Crippen LogP contribution is 2.29. The first kappa shape index (κ1) is 22.5. The number of nitrogens with one attached hydrogen (secondary N) is 1. The van der Waals surface area contributed by atoms with E-state index in [1.54, 1.807) is 37.4 Å². The van der Waals surface area contributed by atoms with Crippen LogP contribution in [0.2, 0.25) is 10.0 Å². The van der Waals surface area contributed by atoms with Crippen LogP contribution >= 0.6 is 23.2 Å². The highest BCUT2D eigenvalue weighted by Gasteiger charge is 2.07. The number of carbonyl (C=O) groups is 1. The molecule has 0 heterocycles. The Morgan fingerprint density at radius 1 is 0.968 bits per heavy atom. The molecule has 3 aromatic rings. The van der Waals surface area contributed by atoms with Crippen molar-refractivity contribution in [3.05, 3.63) is 87.9 Å². The van der Waals surface area contributed by atoms with Gasteiger partial charge in [0.2, 0.25) is 0 Å². The Labute approximate surface area is 190 Å². The van der Waals surface area contributed by atoms with Gasteiger partial charge in [-0.15, -0.1) is 0 Å². The summed E-state index contributed by atoms with van der Waals surface area (Å²) in [4.78, 5) is 11.9. The normalized spacial score (nSPS) is 10.7. The number of carbonyl (C=O) groups excluding carboxylic acids is 1. The van der Waals surface area contributed by atoms with Crippen molar-refractivity contribution in [2.24, 2.45) is 5.10 Å². The van der Waals surface area contributed by atoms with E-state index in [0.29, 0.717) is 33.9 Å². The number of hydrazone groups is 1. The molecule has 1 N–H and O–H groups in total. The number of rotatable bonds is 9. The topological polar surface area (TPSA) is 69.2 Å². The summed E-state index contributed by atoms with van der Waals surface area (Å²) in [6.07, 6.45) is 1.49. The molecule has 0 spiro atoms. The van der Waals surface area contributed by atoms with E-state index >= 15 is 0 Å². The van der Waals surface area contributed by atoms with Gasteiger partial charge in [0.25, 0.3) is 5.91 Å². The van der Waals surface area contributed by atoms with Crippen molar-refractivity contribution in [3.63, 3.8) is 0 Å². The first-order chi connectivity index (χ1) is 15.0. The quantitative estimate of drug-likeness (QED) is 0.357. The van der Waals surface area contributed by atoms with E-state index in [-0.39, 0.29) is 6.61 Å². The lowest BCUT2D eigenvalue weighted by Crippen LogP contribution is -2.24. The summed E-state index contributed by atoms with van der Waals surface area (Å²) in [5, 5.41) is 4.76. The van der Waals surface area contributed by atoms with Gasteiger partial charge in [-0.3, -0.25) is 4.79 Å². The van der Waals surface area contributed by atoms with Crippen LogP contribution in [0.25, 0.3) is 0 Å². The van der Waals surface area contributed by atoms with E-state index in [1.807, 2.05) is 30.3 Å². The van der Waals surface area contributed by atoms with E-state index in [1.165, 1.54) is 12.3 Å². The predicted molar refractivity (Wildman–Crippen MR) is 121 cm³/mol. The molecule has 160 valence electrons. The molecule has 1 amide bonds. The maximum atomic E-state index is 11.9. The number of halogens is 2. The molecule has 0 unspecified atom stereocenters. The molecular formula is C23H20Cl2N2O4. The third-order valence-electron chi connectivity index (χ3n) is 4.08. The summed E-state index contributed by atoms with van der Waals surface area (Å²) in [5.74, 6) is 1.05. The van der Waals surface area contributed by atoms with Crippen molar-refractivity contribution in [3.8, 4) is 17.2 Å². The van der Waals surface area contributed by atoms with Crippen LogP contribution in [0.3, 0.4) is 0 Å². The fraction of sp³-hybridized carbons (Fsp3) is 0.130. The zero-order valence-electron chi connectivity index (χ0n) is 16.7. The summed E-state index contributed by atoms with van der Waals surface area (Å²) in [7, 11) is 1.56.